The van der Waals surface area contributed by atoms with Gasteiger partial charge in [-0.15, -0.1) is 0 Å². The quantitative estimate of drug-likeness (QED) is 0.861. The average Bonchev–Trinajstić information content (AvgIpc) is 2.49. The SMILES string of the molecule is COC1CN(CC(=O)Nc2cccc(CN)c2)CCC1C. The second kappa shape index (κ2) is 7.54. The van der Waals surface area contributed by atoms with Gasteiger partial charge in [0.05, 0.1) is 12.6 Å². The molecule has 3 N–H and O–H groups in total. The molecule has 1 amide bonds. The molecule has 0 saturated carbocycles. The number of likely N-dealkylation sites (tertiary alicyclic amines) is 1. The zero-order valence-corrected chi connectivity index (χ0v) is 12.8. The van der Waals surface area contributed by atoms with Crippen LogP contribution in [0.15, 0.2) is 24.3 Å². The van der Waals surface area contributed by atoms with E-state index in [1.165, 1.54) is 0 Å². The Hall–Kier alpha value is -1.43. The molecule has 1 fully saturated rings. The number of amides is 1. The standard InChI is InChI=1S/C16H25N3O2/c1-12-6-7-19(10-15(12)21-2)11-16(20)18-14-5-3-4-13(8-14)9-17/h3-5,8,12,15H,6-7,9-11,17H2,1-2H3,(H,18,20). The molecule has 1 aliphatic heterocycles. The molecule has 1 saturated heterocycles. The van der Waals surface area contributed by atoms with Crippen molar-refractivity contribution in [1.29, 1.82) is 0 Å². The van der Waals surface area contributed by atoms with Crippen molar-refractivity contribution >= 4 is 11.6 Å². The lowest BCUT2D eigenvalue weighted by atomic mass is 9.96. The maximum atomic E-state index is 12.1. The van der Waals surface area contributed by atoms with Crippen LogP contribution in [-0.2, 0) is 16.1 Å². The molecule has 5 nitrogen and oxygen atoms in total. The highest BCUT2D eigenvalue weighted by Crippen LogP contribution is 2.19. The monoisotopic (exact) mass is 291 g/mol. The number of nitrogens with zero attached hydrogens (tertiary/aromatic N) is 1. The molecule has 0 aromatic heterocycles. The molecule has 2 rings (SSSR count). The van der Waals surface area contributed by atoms with Crippen molar-refractivity contribution in [3.8, 4) is 0 Å². The summed E-state index contributed by atoms with van der Waals surface area (Å²) < 4.78 is 5.48. The van der Waals surface area contributed by atoms with E-state index in [0.29, 0.717) is 19.0 Å². The number of piperidine rings is 1. The number of rotatable bonds is 5. The summed E-state index contributed by atoms with van der Waals surface area (Å²) in [5.41, 5.74) is 7.42. The average molecular weight is 291 g/mol. The van der Waals surface area contributed by atoms with Gasteiger partial charge >= 0.3 is 0 Å². The van der Waals surface area contributed by atoms with Gasteiger partial charge < -0.3 is 15.8 Å². The molecule has 2 atom stereocenters. The van der Waals surface area contributed by atoms with E-state index in [2.05, 4.69) is 17.1 Å². The van der Waals surface area contributed by atoms with Gasteiger partial charge in [-0.2, -0.15) is 0 Å². The van der Waals surface area contributed by atoms with Crippen LogP contribution in [0.4, 0.5) is 5.69 Å². The fraction of sp³-hybridized carbons (Fsp3) is 0.562. The molecule has 2 unspecified atom stereocenters. The lowest BCUT2D eigenvalue weighted by molar-refractivity contribution is -0.118. The van der Waals surface area contributed by atoms with Gasteiger partial charge in [-0.1, -0.05) is 19.1 Å². The zero-order chi connectivity index (χ0) is 15.2. The molecule has 0 spiro atoms. The third-order valence-electron chi connectivity index (χ3n) is 4.09. The predicted molar refractivity (Wildman–Crippen MR) is 84.0 cm³/mol. The van der Waals surface area contributed by atoms with Gasteiger partial charge in [0.2, 0.25) is 5.91 Å². The third-order valence-corrected chi connectivity index (χ3v) is 4.09. The summed E-state index contributed by atoms with van der Waals surface area (Å²) in [6.07, 6.45) is 1.28. The van der Waals surface area contributed by atoms with Crippen LogP contribution < -0.4 is 11.1 Å². The number of methoxy groups -OCH3 is 1. The van der Waals surface area contributed by atoms with Crippen molar-refractivity contribution in [2.45, 2.75) is 26.0 Å². The molecule has 5 heteroatoms. The molecule has 1 aromatic carbocycles. The van der Waals surface area contributed by atoms with E-state index in [0.717, 1.165) is 30.8 Å². The first kappa shape index (κ1) is 15.9. The number of ether oxygens (including phenoxy) is 1. The van der Waals surface area contributed by atoms with Crippen LogP contribution in [0.2, 0.25) is 0 Å². The van der Waals surface area contributed by atoms with Gasteiger partial charge in [0.25, 0.3) is 0 Å². The van der Waals surface area contributed by atoms with Crippen LogP contribution in [0.5, 0.6) is 0 Å². The van der Waals surface area contributed by atoms with Gasteiger partial charge in [0.15, 0.2) is 0 Å². The maximum Gasteiger partial charge on any atom is 0.238 e. The zero-order valence-electron chi connectivity index (χ0n) is 12.8. The molecule has 0 bridgehead atoms. The number of benzene rings is 1. The Morgan fingerprint density at radius 1 is 1.52 bits per heavy atom. The minimum atomic E-state index is 0.00794. The molecular weight excluding hydrogens is 266 g/mol. The summed E-state index contributed by atoms with van der Waals surface area (Å²) in [4.78, 5) is 14.3. The Kier molecular flexibility index (Phi) is 5.73. The van der Waals surface area contributed by atoms with Crippen LogP contribution in [0.3, 0.4) is 0 Å². The number of carbonyl (C=O) groups is 1. The molecule has 1 heterocycles. The van der Waals surface area contributed by atoms with Crippen LogP contribution in [-0.4, -0.2) is 43.7 Å². The number of anilines is 1. The minimum Gasteiger partial charge on any atom is -0.380 e. The normalized spacial score (nSPS) is 23.0. The molecule has 1 aliphatic rings. The number of carbonyl (C=O) groups excluding carboxylic acids is 1. The highest BCUT2D eigenvalue weighted by atomic mass is 16.5. The van der Waals surface area contributed by atoms with E-state index in [9.17, 15) is 4.79 Å². The summed E-state index contributed by atoms with van der Waals surface area (Å²) in [5.74, 6) is 0.559. The predicted octanol–water partition coefficient (Wildman–Crippen LogP) is 1.44. The fourth-order valence-corrected chi connectivity index (χ4v) is 2.73. The summed E-state index contributed by atoms with van der Waals surface area (Å²) in [6, 6.07) is 7.65. The number of hydrogen-bond donors (Lipinski definition) is 2. The maximum absolute atomic E-state index is 12.1. The van der Waals surface area contributed by atoms with E-state index in [4.69, 9.17) is 10.5 Å². The molecule has 1 aromatic rings. The van der Waals surface area contributed by atoms with E-state index < -0.39 is 0 Å². The number of hydrogen-bond acceptors (Lipinski definition) is 4. The van der Waals surface area contributed by atoms with E-state index in [-0.39, 0.29) is 12.0 Å². The Morgan fingerprint density at radius 3 is 3.05 bits per heavy atom. The first-order chi connectivity index (χ1) is 10.1. The minimum absolute atomic E-state index is 0.00794. The van der Waals surface area contributed by atoms with Gasteiger partial charge in [0.1, 0.15) is 0 Å². The van der Waals surface area contributed by atoms with Crippen molar-refractivity contribution in [3.05, 3.63) is 29.8 Å². The Morgan fingerprint density at radius 2 is 2.33 bits per heavy atom. The summed E-state index contributed by atoms with van der Waals surface area (Å²) in [7, 11) is 1.74. The van der Waals surface area contributed by atoms with Crippen molar-refractivity contribution in [1.82, 2.24) is 4.90 Å². The lowest BCUT2D eigenvalue weighted by Crippen LogP contribution is -2.46. The number of nitrogens with one attached hydrogen (secondary N) is 1. The summed E-state index contributed by atoms with van der Waals surface area (Å²) in [6.45, 7) is 4.83. The molecule has 0 aliphatic carbocycles. The third kappa shape index (κ3) is 4.52. The van der Waals surface area contributed by atoms with E-state index >= 15 is 0 Å². The largest absolute Gasteiger partial charge is 0.380 e. The highest BCUT2D eigenvalue weighted by Gasteiger charge is 2.26. The second-order valence-corrected chi connectivity index (χ2v) is 5.73. The molecular formula is C16H25N3O2. The van der Waals surface area contributed by atoms with Crippen LogP contribution >= 0.6 is 0 Å². The van der Waals surface area contributed by atoms with Crippen LogP contribution in [0.25, 0.3) is 0 Å². The van der Waals surface area contributed by atoms with Gasteiger partial charge in [-0.05, 0) is 36.6 Å². The highest BCUT2D eigenvalue weighted by molar-refractivity contribution is 5.92. The van der Waals surface area contributed by atoms with Crippen molar-refractivity contribution < 1.29 is 9.53 Å². The topological polar surface area (TPSA) is 67.6 Å². The van der Waals surface area contributed by atoms with E-state index in [1.54, 1.807) is 7.11 Å². The Balaban J connectivity index is 1.86. The van der Waals surface area contributed by atoms with E-state index in [1.807, 2.05) is 24.3 Å². The van der Waals surface area contributed by atoms with Crippen molar-refractivity contribution in [2.24, 2.45) is 11.7 Å². The Labute approximate surface area is 126 Å². The molecule has 116 valence electrons. The first-order valence-corrected chi connectivity index (χ1v) is 7.46. The second-order valence-electron chi connectivity index (χ2n) is 5.73. The first-order valence-electron chi connectivity index (χ1n) is 7.46. The van der Waals surface area contributed by atoms with Crippen LogP contribution in [0, 0.1) is 5.92 Å². The fourth-order valence-electron chi connectivity index (χ4n) is 2.73. The Bertz CT molecular complexity index is 478. The lowest BCUT2D eigenvalue weighted by Gasteiger charge is -2.35. The van der Waals surface area contributed by atoms with Crippen LogP contribution in [0.1, 0.15) is 18.9 Å². The van der Waals surface area contributed by atoms with Gasteiger partial charge in [-0.25, -0.2) is 0 Å². The van der Waals surface area contributed by atoms with Gasteiger partial charge in [0, 0.05) is 25.9 Å². The summed E-state index contributed by atoms with van der Waals surface area (Å²) in [5, 5.41) is 2.93. The molecule has 21 heavy (non-hydrogen) atoms. The molecule has 0 radical (unpaired) electrons. The van der Waals surface area contributed by atoms with Crippen molar-refractivity contribution in [3.63, 3.8) is 0 Å². The van der Waals surface area contributed by atoms with Crippen molar-refractivity contribution in [2.75, 3.05) is 32.1 Å². The smallest absolute Gasteiger partial charge is 0.238 e. The summed E-state index contributed by atoms with van der Waals surface area (Å²) >= 11 is 0. The van der Waals surface area contributed by atoms with Gasteiger partial charge in [-0.3, -0.25) is 9.69 Å². The number of nitrogens with two attached hydrogens (primary N) is 1.